The fourth-order valence-electron chi connectivity index (χ4n) is 1.00. The van der Waals surface area contributed by atoms with Gasteiger partial charge in [0.1, 0.15) is 0 Å². The Morgan fingerprint density at radius 3 is 2.40 bits per heavy atom. The van der Waals surface area contributed by atoms with Gasteiger partial charge >= 0.3 is 0 Å². The van der Waals surface area contributed by atoms with Crippen molar-refractivity contribution in [2.75, 3.05) is 0 Å². The Morgan fingerprint density at radius 2 is 1.90 bits per heavy atom. The minimum atomic E-state index is 0.722. The van der Waals surface area contributed by atoms with Gasteiger partial charge in [-0.05, 0) is 18.8 Å². The van der Waals surface area contributed by atoms with E-state index in [1.54, 1.807) is 0 Å². The predicted molar refractivity (Wildman–Crippen MR) is 46.8 cm³/mol. The molecule has 0 bridgehead atoms. The molecule has 0 spiro atoms. The molecule has 0 fully saturated rings. The molecule has 0 N–H and O–H groups in total. The molecule has 0 saturated heterocycles. The molecule has 0 heteroatoms. The van der Waals surface area contributed by atoms with Gasteiger partial charge in [0.2, 0.25) is 0 Å². The van der Waals surface area contributed by atoms with E-state index in [0.29, 0.717) is 0 Å². The monoisotopic (exact) mass is 140 g/mol. The minimum Gasteiger partial charge on any atom is -0.0654 e. The lowest BCUT2D eigenvalue weighted by Crippen LogP contribution is -1.94. The molecule has 0 aliphatic heterocycles. The number of hydrogen-bond acceptors (Lipinski definition) is 0. The Morgan fingerprint density at radius 1 is 1.20 bits per heavy atom. The number of rotatable bonds is 6. The molecule has 0 amide bonds. The van der Waals surface area contributed by atoms with Crippen LogP contribution >= 0.6 is 0 Å². The topological polar surface area (TPSA) is 0 Å². The van der Waals surface area contributed by atoms with Crippen LogP contribution in [-0.2, 0) is 0 Å². The largest absolute Gasteiger partial charge is 0.0654 e. The maximum Gasteiger partial charge on any atom is -0.0143 e. The molecule has 0 aromatic heterocycles. The standard InChI is InChI=1S/C10H20/c1-4-6-8-10(3)9-7-5-2/h10H,4-8H2,1-3H3. The second kappa shape index (κ2) is 7.11. The third-order valence-corrected chi connectivity index (χ3v) is 1.73. The third kappa shape index (κ3) is 6.12. The molecule has 0 rings (SSSR count). The van der Waals surface area contributed by atoms with Gasteiger partial charge in [-0.2, -0.15) is 0 Å². The molecule has 0 aliphatic rings. The second-order valence-corrected chi connectivity index (χ2v) is 3.00. The van der Waals surface area contributed by atoms with Crippen molar-refractivity contribution in [3.63, 3.8) is 0 Å². The minimum absolute atomic E-state index is 0.722. The molecule has 0 heterocycles. The molecule has 0 aliphatic carbocycles. The summed E-state index contributed by atoms with van der Waals surface area (Å²) in [6.45, 7) is 6.72. The molecular formula is C10H20. The van der Waals surface area contributed by atoms with Gasteiger partial charge in [0.25, 0.3) is 0 Å². The van der Waals surface area contributed by atoms with Gasteiger partial charge in [-0.3, -0.25) is 0 Å². The summed E-state index contributed by atoms with van der Waals surface area (Å²) in [5.74, 6) is 0.722. The summed E-state index contributed by atoms with van der Waals surface area (Å²) >= 11 is 0. The van der Waals surface area contributed by atoms with Crippen molar-refractivity contribution >= 4 is 0 Å². The van der Waals surface area contributed by atoms with Crippen LogP contribution in [0.4, 0.5) is 0 Å². The van der Waals surface area contributed by atoms with Crippen LogP contribution in [0.3, 0.4) is 0 Å². The van der Waals surface area contributed by atoms with Crippen molar-refractivity contribution < 1.29 is 0 Å². The third-order valence-electron chi connectivity index (χ3n) is 1.73. The first-order valence-corrected chi connectivity index (χ1v) is 4.54. The Kier molecular flexibility index (Phi) is 7.11. The average molecular weight is 140 g/mol. The predicted octanol–water partition coefficient (Wildman–Crippen LogP) is 3.69. The van der Waals surface area contributed by atoms with Crippen molar-refractivity contribution in [3.8, 4) is 0 Å². The summed E-state index contributed by atoms with van der Waals surface area (Å²) in [6, 6.07) is 0. The van der Waals surface area contributed by atoms with E-state index in [9.17, 15) is 0 Å². The first kappa shape index (κ1) is 10.0. The highest BCUT2D eigenvalue weighted by Crippen LogP contribution is 2.13. The van der Waals surface area contributed by atoms with Gasteiger partial charge in [-0.1, -0.05) is 46.5 Å². The second-order valence-electron chi connectivity index (χ2n) is 3.00. The van der Waals surface area contributed by atoms with E-state index in [-0.39, 0.29) is 0 Å². The van der Waals surface area contributed by atoms with Crippen molar-refractivity contribution in [2.24, 2.45) is 5.92 Å². The zero-order valence-electron chi connectivity index (χ0n) is 7.61. The van der Waals surface area contributed by atoms with Crippen LogP contribution in [0.15, 0.2) is 0 Å². The van der Waals surface area contributed by atoms with E-state index in [4.69, 9.17) is 0 Å². The summed E-state index contributed by atoms with van der Waals surface area (Å²) in [4.78, 5) is 0. The average Bonchev–Trinajstić information content (AvgIpc) is 1.97. The van der Waals surface area contributed by atoms with Gasteiger partial charge in [0.05, 0.1) is 0 Å². The SMILES string of the molecule is CCC[C]C(C)CCCC. The Balaban J connectivity index is 3.00. The van der Waals surface area contributed by atoms with E-state index in [0.717, 1.165) is 5.92 Å². The maximum atomic E-state index is 3.47. The van der Waals surface area contributed by atoms with E-state index in [2.05, 4.69) is 27.2 Å². The summed E-state index contributed by atoms with van der Waals surface area (Å²) in [7, 11) is 0. The van der Waals surface area contributed by atoms with Crippen LogP contribution in [0.5, 0.6) is 0 Å². The maximum absolute atomic E-state index is 3.47. The van der Waals surface area contributed by atoms with E-state index < -0.39 is 0 Å². The molecule has 0 nitrogen and oxygen atoms in total. The Bertz CT molecular complexity index is 49.1. The smallest absolute Gasteiger partial charge is 0.0143 e. The van der Waals surface area contributed by atoms with Crippen LogP contribution in [0.25, 0.3) is 0 Å². The lowest BCUT2D eigenvalue weighted by Gasteiger charge is -2.07. The number of hydrogen-bond donors (Lipinski definition) is 0. The molecule has 1 atom stereocenters. The van der Waals surface area contributed by atoms with Crippen molar-refractivity contribution in [1.29, 1.82) is 0 Å². The lowest BCUT2D eigenvalue weighted by molar-refractivity contribution is 0.545. The molecule has 10 heavy (non-hydrogen) atoms. The molecule has 60 valence electrons. The molecule has 0 saturated carbocycles. The fourth-order valence-corrected chi connectivity index (χ4v) is 1.00. The lowest BCUT2D eigenvalue weighted by atomic mass is 9.98. The van der Waals surface area contributed by atoms with Crippen LogP contribution in [0, 0.1) is 12.3 Å². The normalized spacial score (nSPS) is 10.8. The summed E-state index contributed by atoms with van der Waals surface area (Å²) in [6.07, 6.45) is 9.89. The van der Waals surface area contributed by atoms with Crippen molar-refractivity contribution in [1.82, 2.24) is 0 Å². The van der Waals surface area contributed by atoms with E-state index in [1.165, 1.54) is 32.1 Å². The van der Waals surface area contributed by atoms with Crippen molar-refractivity contribution in [2.45, 2.75) is 52.9 Å². The Labute approximate surface area is 66.0 Å². The zero-order valence-corrected chi connectivity index (χ0v) is 7.61. The molecule has 0 aromatic carbocycles. The highest BCUT2D eigenvalue weighted by Gasteiger charge is 1.99. The van der Waals surface area contributed by atoms with Crippen molar-refractivity contribution in [3.05, 3.63) is 6.42 Å². The van der Waals surface area contributed by atoms with Gasteiger partial charge in [-0.25, -0.2) is 0 Å². The van der Waals surface area contributed by atoms with Crippen LogP contribution in [0.1, 0.15) is 52.9 Å². The van der Waals surface area contributed by atoms with E-state index in [1.807, 2.05) is 0 Å². The summed E-state index contributed by atoms with van der Waals surface area (Å²) in [5.41, 5.74) is 0. The first-order valence-electron chi connectivity index (χ1n) is 4.54. The highest BCUT2D eigenvalue weighted by atomic mass is 14.0. The summed E-state index contributed by atoms with van der Waals surface area (Å²) < 4.78 is 0. The zero-order chi connectivity index (χ0) is 7.82. The highest BCUT2D eigenvalue weighted by molar-refractivity contribution is 4.71. The van der Waals surface area contributed by atoms with Gasteiger partial charge in [0, 0.05) is 0 Å². The first-order chi connectivity index (χ1) is 4.81. The van der Waals surface area contributed by atoms with Crippen LogP contribution in [-0.4, -0.2) is 0 Å². The van der Waals surface area contributed by atoms with Gasteiger partial charge in [0.15, 0.2) is 0 Å². The van der Waals surface area contributed by atoms with Gasteiger partial charge < -0.3 is 0 Å². The molecular weight excluding hydrogens is 120 g/mol. The number of unbranched alkanes of at least 4 members (excludes halogenated alkanes) is 2. The fraction of sp³-hybridized carbons (Fsp3) is 0.900. The van der Waals surface area contributed by atoms with E-state index >= 15 is 0 Å². The quantitative estimate of drug-likeness (QED) is 0.528. The molecule has 1 unspecified atom stereocenters. The molecule has 2 radical (unpaired) electrons. The Hall–Kier alpha value is 0. The van der Waals surface area contributed by atoms with Crippen LogP contribution in [0.2, 0.25) is 0 Å². The summed E-state index contributed by atoms with van der Waals surface area (Å²) in [5, 5.41) is 0. The van der Waals surface area contributed by atoms with Crippen LogP contribution < -0.4 is 0 Å². The molecule has 0 aromatic rings. The van der Waals surface area contributed by atoms with Gasteiger partial charge in [-0.15, -0.1) is 0 Å².